The molecule has 3 aliphatic rings. The maximum Gasteiger partial charge on any atom is 0.0761 e. The van der Waals surface area contributed by atoms with Gasteiger partial charge < -0.3 is 0 Å². The molecule has 2 nitrogen and oxygen atoms in total. The first kappa shape index (κ1) is 4.69. The summed E-state index contributed by atoms with van der Waals surface area (Å²) in [5.41, 5.74) is 0. The van der Waals surface area contributed by atoms with Crippen LogP contribution in [-0.2, 0) is 0 Å². The Bertz CT molecular complexity index is 144. The standard InChI is InChI=1S/C7H12N2/c1-2-6-7(8-6)9-4-3-5(1)9/h5-8H,1-4H2/t5-,6-,7-/m1/s1. The third-order valence-corrected chi connectivity index (χ3v) is 3.01. The van der Waals surface area contributed by atoms with Crippen LogP contribution in [-0.4, -0.2) is 29.7 Å². The average Bonchev–Trinajstić information content (AvgIpc) is 2.43. The molecule has 3 fully saturated rings. The Labute approximate surface area is 55.2 Å². The van der Waals surface area contributed by atoms with Crippen LogP contribution >= 0.6 is 0 Å². The number of nitrogens with zero attached hydrogens (tertiary/aromatic N) is 1. The molecule has 0 spiro atoms. The molecule has 0 saturated carbocycles. The zero-order valence-corrected chi connectivity index (χ0v) is 5.51. The molecule has 50 valence electrons. The Balaban J connectivity index is 1.82. The van der Waals surface area contributed by atoms with Gasteiger partial charge in [-0.15, -0.1) is 0 Å². The van der Waals surface area contributed by atoms with Crippen molar-refractivity contribution in [1.82, 2.24) is 10.2 Å². The van der Waals surface area contributed by atoms with E-state index in [2.05, 4.69) is 10.2 Å². The third kappa shape index (κ3) is 0.485. The third-order valence-electron chi connectivity index (χ3n) is 3.01. The van der Waals surface area contributed by atoms with Gasteiger partial charge >= 0.3 is 0 Å². The first-order chi connectivity index (χ1) is 4.45. The Morgan fingerprint density at radius 1 is 1.22 bits per heavy atom. The van der Waals surface area contributed by atoms with Crippen LogP contribution < -0.4 is 5.32 Å². The second-order valence-electron chi connectivity index (χ2n) is 3.48. The molecule has 2 heteroatoms. The maximum atomic E-state index is 3.49. The first-order valence-electron chi connectivity index (χ1n) is 3.97. The van der Waals surface area contributed by atoms with Gasteiger partial charge in [0, 0.05) is 18.6 Å². The van der Waals surface area contributed by atoms with Crippen LogP contribution in [0.4, 0.5) is 0 Å². The summed E-state index contributed by atoms with van der Waals surface area (Å²) < 4.78 is 0. The van der Waals surface area contributed by atoms with E-state index < -0.39 is 0 Å². The van der Waals surface area contributed by atoms with E-state index in [-0.39, 0.29) is 0 Å². The molecule has 0 aliphatic carbocycles. The molecule has 3 atom stereocenters. The lowest BCUT2D eigenvalue weighted by molar-refractivity contribution is 0.0516. The van der Waals surface area contributed by atoms with E-state index in [1.807, 2.05) is 0 Å². The lowest BCUT2D eigenvalue weighted by Gasteiger charge is -2.43. The van der Waals surface area contributed by atoms with Crippen molar-refractivity contribution < 1.29 is 0 Å². The maximum absolute atomic E-state index is 3.49. The number of piperidine rings is 1. The van der Waals surface area contributed by atoms with Gasteiger partial charge in [-0.05, 0) is 19.3 Å². The molecule has 3 rings (SSSR count). The summed E-state index contributed by atoms with van der Waals surface area (Å²) in [6, 6.07) is 1.86. The number of nitrogens with one attached hydrogen (secondary N) is 1. The molecule has 0 aromatic rings. The fourth-order valence-electron chi connectivity index (χ4n) is 2.24. The highest BCUT2D eigenvalue weighted by Crippen LogP contribution is 2.37. The summed E-state index contributed by atoms with van der Waals surface area (Å²) in [5.74, 6) is 0. The first-order valence-corrected chi connectivity index (χ1v) is 3.97. The van der Waals surface area contributed by atoms with Gasteiger partial charge in [0.15, 0.2) is 0 Å². The quantitative estimate of drug-likeness (QED) is 0.465. The topological polar surface area (TPSA) is 25.2 Å². The minimum atomic E-state index is 0.817. The summed E-state index contributed by atoms with van der Waals surface area (Å²) in [6.45, 7) is 1.36. The van der Waals surface area contributed by atoms with Gasteiger partial charge in [0.25, 0.3) is 0 Å². The van der Waals surface area contributed by atoms with Crippen LogP contribution in [0.15, 0.2) is 0 Å². The zero-order valence-electron chi connectivity index (χ0n) is 5.51. The summed E-state index contributed by atoms with van der Waals surface area (Å²) in [7, 11) is 0. The summed E-state index contributed by atoms with van der Waals surface area (Å²) in [4.78, 5) is 2.62. The number of rotatable bonds is 0. The largest absolute Gasteiger partial charge is 0.295 e. The lowest BCUT2D eigenvalue weighted by Crippen LogP contribution is -2.52. The normalized spacial score (nSPS) is 55.3. The number of hydrogen-bond acceptors (Lipinski definition) is 2. The molecular weight excluding hydrogens is 112 g/mol. The van der Waals surface area contributed by atoms with Crippen molar-refractivity contribution in [2.45, 2.75) is 37.5 Å². The van der Waals surface area contributed by atoms with E-state index in [0.29, 0.717) is 0 Å². The monoisotopic (exact) mass is 124 g/mol. The zero-order chi connectivity index (χ0) is 5.84. The van der Waals surface area contributed by atoms with Crippen LogP contribution in [0, 0.1) is 0 Å². The van der Waals surface area contributed by atoms with Crippen molar-refractivity contribution in [2.24, 2.45) is 0 Å². The van der Waals surface area contributed by atoms with Crippen molar-refractivity contribution in [3.63, 3.8) is 0 Å². The molecule has 0 bridgehead atoms. The molecule has 0 aromatic carbocycles. The Morgan fingerprint density at radius 3 is 2.89 bits per heavy atom. The van der Waals surface area contributed by atoms with Gasteiger partial charge in [0.1, 0.15) is 0 Å². The van der Waals surface area contributed by atoms with Crippen LogP contribution in [0.25, 0.3) is 0 Å². The fourth-order valence-corrected chi connectivity index (χ4v) is 2.24. The number of fused-ring (bicyclic) bond motifs is 3. The molecule has 0 unspecified atom stereocenters. The molecular formula is C7H12N2. The van der Waals surface area contributed by atoms with E-state index >= 15 is 0 Å². The lowest BCUT2D eigenvalue weighted by atomic mass is 9.92. The van der Waals surface area contributed by atoms with Gasteiger partial charge in [-0.1, -0.05) is 0 Å². The van der Waals surface area contributed by atoms with Crippen LogP contribution in [0.3, 0.4) is 0 Å². The van der Waals surface area contributed by atoms with Gasteiger partial charge in [-0.25, -0.2) is 0 Å². The second-order valence-corrected chi connectivity index (χ2v) is 3.48. The smallest absolute Gasteiger partial charge is 0.0761 e. The highest BCUT2D eigenvalue weighted by Gasteiger charge is 2.50. The van der Waals surface area contributed by atoms with Gasteiger partial charge in [0.2, 0.25) is 0 Å². The summed E-state index contributed by atoms with van der Waals surface area (Å²) >= 11 is 0. The molecule has 3 heterocycles. The Hall–Kier alpha value is -0.0800. The average molecular weight is 124 g/mol. The van der Waals surface area contributed by atoms with E-state index in [1.54, 1.807) is 0 Å². The highest BCUT2D eigenvalue weighted by molar-refractivity contribution is 5.07. The van der Waals surface area contributed by atoms with Crippen LogP contribution in [0.2, 0.25) is 0 Å². The summed E-state index contributed by atoms with van der Waals surface area (Å²) in [5, 5.41) is 3.49. The van der Waals surface area contributed by atoms with Crippen LogP contribution in [0.5, 0.6) is 0 Å². The minimum Gasteiger partial charge on any atom is -0.295 e. The molecule has 3 saturated heterocycles. The van der Waals surface area contributed by atoms with E-state index in [4.69, 9.17) is 0 Å². The van der Waals surface area contributed by atoms with Crippen molar-refractivity contribution >= 4 is 0 Å². The van der Waals surface area contributed by atoms with Crippen molar-refractivity contribution in [3.8, 4) is 0 Å². The van der Waals surface area contributed by atoms with E-state index in [0.717, 1.165) is 18.2 Å². The molecule has 3 aliphatic heterocycles. The Kier molecular flexibility index (Phi) is 0.691. The van der Waals surface area contributed by atoms with Gasteiger partial charge in [-0.3, -0.25) is 10.2 Å². The predicted octanol–water partition coefficient (Wildman–Crippen LogP) is 0.152. The number of hydrogen-bond donors (Lipinski definition) is 1. The van der Waals surface area contributed by atoms with Crippen LogP contribution in [0.1, 0.15) is 19.3 Å². The minimum absolute atomic E-state index is 0.817. The molecule has 1 N–H and O–H groups in total. The molecule has 0 amide bonds. The second kappa shape index (κ2) is 1.32. The van der Waals surface area contributed by atoms with Gasteiger partial charge in [0.05, 0.1) is 6.17 Å². The van der Waals surface area contributed by atoms with E-state index in [1.165, 1.54) is 25.8 Å². The SMILES string of the molecule is C1C[C@H]2N[C@@H]2N2CC[C@@H]12. The van der Waals surface area contributed by atoms with Gasteiger partial charge in [-0.2, -0.15) is 0 Å². The Morgan fingerprint density at radius 2 is 2.22 bits per heavy atom. The highest BCUT2D eigenvalue weighted by atomic mass is 15.4. The molecule has 0 radical (unpaired) electrons. The fraction of sp³-hybridized carbons (Fsp3) is 1.00. The van der Waals surface area contributed by atoms with Crippen molar-refractivity contribution in [1.29, 1.82) is 0 Å². The van der Waals surface area contributed by atoms with Crippen molar-refractivity contribution in [2.75, 3.05) is 6.54 Å². The predicted molar refractivity (Wildman–Crippen MR) is 35.1 cm³/mol. The molecule has 0 aromatic heterocycles. The van der Waals surface area contributed by atoms with E-state index in [9.17, 15) is 0 Å². The summed E-state index contributed by atoms with van der Waals surface area (Å²) in [6.07, 6.45) is 5.17. The molecule has 9 heavy (non-hydrogen) atoms. The van der Waals surface area contributed by atoms with Crippen molar-refractivity contribution in [3.05, 3.63) is 0 Å².